The van der Waals surface area contributed by atoms with E-state index in [0.29, 0.717) is 11.3 Å². The van der Waals surface area contributed by atoms with Gasteiger partial charge in [0.2, 0.25) is 11.8 Å². The molecule has 0 aromatic heterocycles. The number of hydrogen-bond donors (Lipinski definition) is 2. The van der Waals surface area contributed by atoms with E-state index in [-0.39, 0.29) is 23.0 Å². The molecule has 1 atom stereocenters. The number of benzene rings is 2. The van der Waals surface area contributed by atoms with Crippen LogP contribution >= 0.6 is 11.6 Å². The Bertz CT molecular complexity index is 978. The molecule has 2 aromatic rings. The average molecular weight is 404 g/mol. The summed E-state index contributed by atoms with van der Waals surface area (Å²) in [5, 5.41) is 4.79. The molecule has 1 aliphatic heterocycles. The van der Waals surface area contributed by atoms with E-state index in [1.165, 1.54) is 25.1 Å². The Hall–Kier alpha value is -3.26. The van der Waals surface area contributed by atoms with Gasteiger partial charge in [-0.05, 0) is 49.4 Å². The third-order valence-electron chi connectivity index (χ3n) is 4.22. The number of nitrogens with one attached hydrogen (secondary N) is 2. The number of hydrogen-bond acceptors (Lipinski definition) is 4. The maximum absolute atomic E-state index is 13.4. The van der Waals surface area contributed by atoms with Crippen LogP contribution in [0.3, 0.4) is 0 Å². The van der Waals surface area contributed by atoms with Gasteiger partial charge in [0, 0.05) is 17.8 Å². The van der Waals surface area contributed by atoms with Crippen molar-refractivity contribution >= 4 is 46.6 Å². The highest BCUT2D eigenvalue weighted by Crippen LogP contribution is 2.26. The molecule has 28 heavy (non-hydrogen) atoms. The number of ketones is 1. The number of nitrogens with zero attached hydrogens (tertiary/aromatic N) is 1. The number of carbonyl (C=O) groups excluding carboxylic acids is 4. The van der Waals surface area contributed by atoms with Crippen molar-refractivity contribution in [1.29, 1.82) is 0 Å². The van der Waals surface area contributed by atoms with Crippen LogP contribution in [-0.4, -0.2) is 30.2 Å². The van der Waals surface area contributed by atoms with Crippen LogP contribution < -0.4 is 15.5 Å². The number of halogens is 2. The predicted molar refractivity (Wildman–Crippen MR) is 101 cm³/mol. The minimum Gasteiger partial charge on any atom is -0.336 e. The van der Waals surface area contributed by atoms with Gasteiger partial charge in [-0.3, -0.25) is 14.4 Å². The minimum absolute atomic E-state index is 0.0530. The fraction of sp³-hybridized carbons (Fsp3) is 0.158. The molecule has 1 unspecified atom stereocenters. The topological polar surface area (TPSA) is 95.6 Å². The van der Waals surface area contributed by atoms with E-state index in [0.717, 1.165) is 17.0 Å². The van der Waals surface area contributed by atoms with Gasteiger partial charge in [0.15, 0.2) is 5.78 Å². The molecule has 1 aliphatic rings. The maximum atomic E-state index is 13.4. The van der Waals surface area contributed by atoms with Crippen molar-refractivity contribution in [3.63, 3.8) is 0 Å². The molecule has 2 N–H and O–H groups in total. The first kappa shape index (κ1) is 19.5. The molecule has 0 saturated carbocycles. The molecule has 0 aliphatic carbocycles. The SMILES string of the molecule is CC(=O)c1ccc(NC(=O)C2CNC(=O)N(c3ccc(F)c(Cl)c3)C2=O)cc1. The van der Waals surface area contributed by atoms with Crippen LogP contribution in [0.5, 0.6) is 0 Å². The summed E-state index contributed by atoms with van der Waals surface area (Å²) in [6.07, 6.45) is 0. The van der Waals surface area contributed by atoms with E-state index < -0.39 is 29.6 Å². The van der Waals surface area contributed by atoms with Crippen LogP contribution in [0.2, 0.25) is 5.02 Å². The standard InChI is InChI=1S/C19H15ClFN3O4/c1-10(25)11-2-4-12(5-3-11)23-17(26)14-9-22-19(28)24(18(14)27)13-6-7-16(21)15(20)8-13/h2-8,14H,9H2,1H3,(H,22,28)(H,23,26). The quantitative estimate of drug-likeness (QED) is 0.606. The molecule has 2 aromatic carbocycles. The van der Waals surface area contributed by atoms with Crippen molar-refractivity contribution < 1.29 is 23.6 Å². The Balaban J connectivity index is 1.79. The fourth-order valence-electron chi connectivity index (χ4n) is 2.70. The molecular formula is C19H15ClFN3O4. The molecule has 9 heteroatoms. The third-order valence-corrected chi connectivity index (χ3v) is 4.51. The first-order chi connectivity index (χ1) is 13.3. The van der Waals surface area contributed by atoms with Crippen LogP contribution in [0, 0.1) is 11.7 Å². The lowest BCUT2D eigenvalue weighted by Gasteiger charge is -2.30. The normalized spacial score (nSPS) is 16.5. The van der Waals surface area contributed by atoms with Gasteiger partial charge >= 0.3 is 6.03 Å². The van der Waals surface area contributed by atoms with Crippen molar-refractivity contribution in [3.05, 3.63) is 58.9 Å². The summed E-state index contributed by atoms with van der Waals surface area (Å²) in [5.74, 6) is -3.38. The molecule has 144 valence electrons. The van der Waals surface area contributed by atoms with Crippen LogP contribution in [0.15, 0.2) is 42.5 Å². The summed E-state index contributed by atoms with van der Waals surface area (Å²) >= 11 is 5.72. The molecule has 1 saturated heterocycles. The Kier molecular flexibility index (Phi) is 5.41. The fourth-order valence-corrected chi connectivity index (χ4v) is 2.88. The van der Waals surface area contributed by atoms with Gasteiger partial charge in [0.25, 0.3) is 0 Å². The van der Waals surface area contributed by atoms with Crippen molar-refractivity contribution in [2.24, 2.45) is 5.92 Å². The molecule has 4 amide bonds. The van der Waals surface area contributed by atoms with E-state index >= 15 is 0 Å². The van der Waals surface area contributed by atoms with Gasteiger partial charge in [0.1, 0.15) is 11.7 Å². The largest absolute Gasteiger partial charge is 0.336 e. The zero-order valence-electron chi connectivity index (χ0n) is 14.7. The van der Waals surface area contributed by atoms with Gasteiger partial charge in [-0.1, -0.05) is 11.6 Å². The number of anilines is 2. The maximum Gasteiger partial charge on any atom is 0.328 e. The molecule has 1 fully saturated rings. The summed E-state index contributed by atoms with van der Waals surface area (Å²) in [4.78, 5) is 49.4. The number of imide groups is 1. The highest BCUT2D eigenvalue weighted by Gasteiger charge is 2.39. The van der Waals surface area contributed by atoms with Gasteiger partial charge in [-0.25, -0.2) is 14.1 Å². The molecular weight excluding hydrogens is 389 g/mol. The summed E-state index contributed by atoms with van der Waals surface area (Å²) in [7, 11) is 0. The van der Waals surface area contributed by atoms with Gasteiger partial charge < -0.3 is 10.6 Å². The van der Waals surface area contributed by atoms with E-state index in [1.807, 2.05) is 0 Å². The lowest BCUT2D eigenvalue weighted by Crippen LogP contribution is -2.58. The summed E-state index contributed by atoms with van der Waals surface area (Å²) in [6, 6.07) is 8.83. The lowest BCUT2D eigenvalue weighted by molar-refractivity contribution is -0.130. The van der Waals surface area contributed by atoms with Crippen molar-refractivity contribution in [2.45, 2.75) is 6.92 Å². The first-order valence-corrected chi connectivity index (χ1v) is 8.64. The smallest absolute Gasteiger partial charge is 0.328 e. The summed E-state index contributed by atoms with van der Waals surface area (Å²) < 4.78 is 13.4. The van der Waals surface area contributed by atoms with E-state index in [1.54, 1.807) is 12.1 Å². The predicted octanol–water partition coefficient (Wildman–Crippen LogP) is 2.99. The third kappa shape index (κ3) is 3.86. The summed E-state index contributed by atoms with van der Waals surface area (Å²) in [6.45, 7) is 1.24. The van der Waals surface area contributed by atoms with Gasteiger partial charge in [-0.2, -0.15) is 0 Å². The van der Waals surface area contributed by atoms with Crippen LogP contribution in [-0.2, 0) is 9.59 Å². The monoisotopic (exact) mass is 403 g/mol. The van der Waals surface area contributed by atoms with Crippen molar-refractivity contribution in [3.8, 4) is 0 Å². The Morgan fingerprint density at radius 3 is 2.46 bits per heavy atom. The molecule has 0 spiro atoms. The Labute approximate surface area is 164 Å². The highest BCUT2D eigenvalue weighted by atomic mass is 35.5. The molecule has 0 bridgehead atoms. The average Bonchev–Trinajstić information content (AvgIpc) is 2.65. The van der Waals surface area contributed by atoms with Gasteiger partial charge in [0.05, 0.1) is 10.7 Å². The zero-order valence-corrected chi connectivity index (χ0v) is 15.4. The number of Topliss-reactive ketones (excluding diaryl/α,β-unsaturated/α-hetero) is 1. The van der Waals surface area contributed by atoms with Gasteiger partial charge in [-0.15, -0.1) is 0 Å². The first-order valence-electron chi connectivity index (χ1n) is 8.26. The number of rotatable bonds is 4. The number of carbonyl (C=O) groups is 4. The van der Waals surface area contributed by atoms with E-state index in [9.17, 15) is 23.6 Å². The second-order valence-corrected chi connectivity index (χ2v) is 6.54. The summed E-state index contributed by atoms with van der Waals surface area (Å²) in [5.41, 5.74) is 0.937. The Morgan fingerprint density at radius 1 is 1.18 bits per heavy atom. The lowest BCUT2D eigenvalue weighted by atomic mass is 10.0. The van der Waals surface area contributed by atoms with Crippen LogP contribution in [0.1, 0.15) is 17.3 Å². The second kappa shape index (κ2) is 7.77. The molecule has 0 radical (unpaired) electrons. The van der Waals surface area contributed by atoms with Crippen LogP contribution in [0.4, 0.5) is 20.6 Å². The Morgan fingerprint density at radius 2 is 1.86 bits per heavy atom. The van der Waals surface area contributed by atoms with E-state index in [2.05, 4.69) is 10.6 Å². The molecule has 1 heterocycles. The number of urea groups is 1. The zero-order chi connectivity index (χ0) is 20.4. The second-order valence-electron chi connectivity index (χ2n) is 6.13. The van der Waals surface area contributed by atoms with Crippen LogP contribution in [0.25, 0.3) is 0 Å². The number of amides is 4. The van der Waals surface area contributed by atoms with E-state index in [4.69, 9.17) is 11.6 Å². The van der Waals surface area contributed by atoms with Crippen molar-refractivity contribution in [2.75, 3.05) is 16.8 Å². The highest BCUT2D eigenvalue weighted by molar-refractivity contribution is 6.31. The minimum atomic E-state index is -1.19. The van der Waals surface area contributed by atoms with Crippen molar-refractivity contribution in [1.82, 2.24) is 5.32 Å². The molecule has 7 nitrogen and oxygen atoms in total. The molecule has 3 rings (SSSR count).